The number of alkyl halides is 2. The van der Waals surface area contributed by atoms with Gasteiger partial charge < -0.3 is 20.1 Å². The molecule has 0 aromatic carbocycles. The number of halogens is 2. The number of carboxylic acids is 1. The fraction of sp³-hybridized carbons (Fsp3) is 0.800. The first kappa shape index (κ1) is 14.6. The van der Waals surface area contributed by atoms with Gasteiger partial charge in [0.1, 0.15) is 6.61 Å². The molecule has 2 N–H and O–H groups in total. The van der Waals surface area contributed by atoms with Gasteiger partial charge in [0.15, 0.2) is 0 Å². The monoisotopic (exact) mass is 266 g/mol. The van der Waals surface area contributed by atoms with E-state index in [-0.39, 0.29) is 31.5 Å². The quantitative estimate of drug-likeness (QED) is 0.653. The van der Waals surface area contributed by atoms with Crippen LogP contribution in [0.2, 0.25) is 0 Å². The highest BCUT2D eigenvalue weighted by Crippen LogP contribution is 2.18. The number of ether oxygens (including phenoxy) is 1. The lowest BCUT2D eigenvalue weighted by atomic mass is 9.97. The number of carbonyl (C=O) groups is 2. The fourth-order valence-corrected chi connectivity index (χ4v) is 1.63. The van der Waals surface area contributed by atoms with Crippen LogP contribution in [0, 0.1) is 5.92 Å². The van der Waals surface area contributed by atoms with Gasteiger partial charge in [-0.25, -0.2) is 13.6 Å². The van der Waals surface area contributed by atoms with E-state index in [4.69, 9.17) is 5.11 Å². The van der Waals surface area contributed by atoms with Crippen molar-refractivity contribution >= 4 is 12.0 Å². The molecule has 0 atom stereocenters. The van der Waals surface area contributed by atoms with Crippen LogP contribution in [0.25, 0.3) is 0 Å². The minimum atomic E-state index is -2.51. The van der Waals surface area contributed by atoms with Crippen LogP contribution in [-0.2, 0) is 9.53 Å². The van der Waals surface area contributed by atoms with Crippen molar-refractivity contribution in [2.24, 2.45) is 5.92 Å². The third kappa shape index (κ3) is 5.26. The number of carbonyl (C=O) groups excluding carboxylic acids is 1. The summed E-state index contributed by atoms with van der Waals surface area (Å²) in [5.74, 6) is -0.871. The molecule has 18 heavy (non-hydrogen) atoms. The van der Waals surface area contributed by atoms with E-state index in [1.165, 1.54) is 4.90 Å². The van der Waals surface area contributed by atoms with Gasteiger partial charge in [0, 0.05) is 25.6 Å². The fourth-order valence-electron chi connectivity index (χ4n) is 1.63. The number of rotatable bonds is 7. The molecule has 0 radical (unpaired) electrons. The lowest BCUT2D eigenvalue weighted by Crippen LogP contribution is -2.54. The number of carboxylic acid groups (broad SMARTS) is 1. The van der Waals surface area contributed by atoms with E-state index in [9.17, 15) is 18.4 Å². The molecular formula is C10H16F2N2O4. The Morgan fingerprint density at radius 1 is 1.44 bits per heavy atom. The van der Waals surface area contributed by atoms with E-state index in [2.05, 4.69) is 10.1 Å². The Kier molecular flexibility index (Phi) is 5.76. The Bertz CT molecular complexity index is 296. The molecular weight excluding hydrogens is 250 g/mol. The number of nitrogens with zero attached hydrogens (tertiary/aromatic N) is 1. The first-order valence-electron chi connectivity index (χ1n) is 5.59. The molecule has 2 amide bonds. The summed E-state index contributed by atoms with van der Waals surface area (Å²) < 4.78 is 28.0. The molecule has 6 nitrogen and oxygen atoms in total. The van der Waals surface area contributed by atoms with Gasteiger partial charge in [-0.2, -0.15) is 0 Å². The second-order valence-electron chi connectivity index (χ2n) is 4.07. The van der Waals surface area contributed by atoms with Gasteiger partial charge in [-0.05, 0) is 0 Å². The Morgan fingerprint density at radius 2 is 2.11 bits per heavy atom. The predicted octanol–water partition coefficient (Wildman–Crippen LogP) is 0.384. The average molecular weight is 266 g/mol. The molecule has 1 heterocycles. The minimum absolute atomic E-state index is 0.00309. The van der Waals surface area contributed by atoms with Crippen molar-refractivity contribution in [3.05, 3.63) is 0 Å². The van der Waals surface area contributed by atoms with Gasteiger partial charge in [0.05, 0.1) is 13.0 Å². The molecule has 0 bridgehead atoms. The molecule has 1 rings (SSSR count). The Hall–Kier alpha value is -1.44. The molecule has 104 valence electrons. The number of urea groups is 1. The number of aliphatic carboxylic acids is 1. The van der Waals surface area contributed by atoms with Crippen LogP contribution >= 0.6 is 0 Å². The zero-order valence-corrected chi connectivity index (χ0v) is 9.77. The summed E-state index contributed by atoms with van der Waals surface area (Å²) >= 11 is 0. The SMILES string of the molecule is O=C(O)CC1CN(C(=O)NCCOCC(F)F)C1. The van der Waals surface area contributed by atoms with Crippen LogP contribution in [0.4, 0.5) is 13.6 Å². The van der Waals surface area contributed by atoms with Crippen LogP contribution in [0.5, 0.6) is 0 Å². The van der Waals surface area contributed by atoms with Gasteiger partial charge >= 0.3 is 12.0 Å². The first-order chi connectivity index (χ1) is 8.49. The molecule has 0 aromatic heterocycles. The highest BCUT2D eigenvalue weighted by Gasteiger charge is 2.31. The lowest BCUT2D eigenvalue weighted by Gasteiger charge is -2.38. The maximum Gasteiger partial charge on any atom is 0.317 e. The van der Waals surface area contributed by atoms with Gasteiger partial charge in [0.2, 0.25) is 0 Å². The van der Waals surface area contributed by atoms with Gasteiger partial charge in [-0.3, -0.25) is 4.79 Å². The number of nitrogens with one attached hydrogen (secondary N) is 1. The first-order valence-corrected chi connectivity index (χ1v) is 5.59. The standard InChI is InChI=1S/C10H16F2N2O4/c11-8(12)6-18-2-1-13-10(17)14-4-7(5-14)3-9(15)16/h7-8H,1-6H2,(H,13,17)(H,15,16). The van der Waals surface area contributed by atoms with Crippen molar-refractivity contribution in [2.45, 2.75) is 12.8 Å². The summed E-state index contributed by atoms with van der Waals surface area (Å²) in [5, 5.41) is 11.0. The van der Waals surface area contributed by atoms with E-state index in [0.29, 0.717) is 13.1 Å². The summed E-state index contributed by atoms with van der Waals surface area (Å²) in [6.07, 6.45) is -2.45. The van der Waals surface area contributed by atoms with E-state index in [1.54, 1.807) is 0 Å². The predicted molar refractivity (Wildman–Crippen MR) is 57.5 cm³/mol. The molecule has 0 saturated carbocycles. The van der Waals surface area contributed by atoms with Crippen molar-refractivity contribution in [1.82, 2.24) is 10.2 Å². The largest absolute Gasteiger partial charge is 0.481 e. The smallest absolute Gasteiger partial charge is 0.317 e. The van der Waals surface area contributed by atoms with Gasteiger partial charge in [-0.15, -0.1) is 0 Å². The number of likely N-dealkylation sites (tertiary alicyclic amines) is 1. The molecule has 0 unspecified atom stereocenters. The molecule has 1 aliphatic heterocycles. The summed E-state index contributed by atoms with van der Waals surface area (Å²) in [6, 6.07) is -0.322. The third-order valence-electron chi connectivity index (χ3n) is 2.47. The summed E-state index contributed by atoms with van der Waals surface area (Å²) in [6.45, 7) is 0.375. The van der Waals surface area contributed by atoms with Crippen LogP contribution in [0.3, 0.4) is 0 Å². The Morgan fingerprint density at radius 3 is 2.67 bits per heavy atom. The third-order valence-corrected chi connectivity index (χ3v) is 2.47. The summed E-state index contributed by atoms with van der Waals surface area (Å²) in [7, 11) is 0. The number of hydrogen-bond donors (Lipinski definition) is 2. The normalized spacial score (nSPS) is 15.6. The molecule has 8 heteroatoms. The highest BCUT2D eigenvalue weighted by atomic mass is 19.3. The van der Waals surface area contributed by atoms with Gasteiger partial charge in [-0.1, -0.05) is 0 Å². The van der Waals surface area contributed by atoms with Crippen LogP contribution in [0.1, 0.15) is 6.42 Å². The Labute approximate surface area is 103 Å². The van der Waals surface area contributed by atoms with Crippen LogP contribution in [0.15, 0.2) is 0 Å². The van der Waals surface area contributed by atoms with E-state index < -0.39 is 19.0 Å². The second-order valence-corrected chi connectivity index (χ2v) is 4.07. The number of hydrogen-bond acceptors (Lipinski definition) is 3. The zero-order valence-electron chi connectivity index (χ0n) is 9.77. The van der Waals surface area contributed by atoms with Gasteiger partial charge in [0.25, 0.3) is 6.43 Å². The van der Waals surface area contributed by atoms with E-state index in [1.807, 2.05) is 0 Å². The lowest BCUT2D eigenvalue weighted by molar-refractivity contribution is -0.139. The van der Waals surface area contributed by atoms with Crippen molar-refractivity contribution in [3.63, 3.8) is 0 Å². The number of amides is 2. The Balaban J connectivity index is 2.00. The molecule has 1 saturated heterocycles. The van der Waals surface area contributed by atoms with Crippen molar-refractivity contribution in [1.29, 1.82) is 0 Å². The molecule has 0 spiro atoms. The second kappa shape index (κ2) is 7.10. The maximum atomic E-state index is 11.7. The van der Waals surface area contributed by atoms with E-state index >= 15 is 0 Å². The van der Waals surface area contributed by atoms with Crippen LogP contribution < -0.4 is 5.32 Å². The molecule has 1 fully saturated rings. The maximum absolute atomic E-state index is 11.7. The molecule has 0 aliphatic carbocycles. The zero-order chi connectivity index (χ0) is 13.5. The summed E-state index contributed by atoms with van der Waals surface area (Å²) in [4.78, 5) is 23.3. The molecule has 0 aromatic rings. The van der Waals surface area contributed by atoms with Crippen molar-refractivity contribution in [2.75, 3.05) is 32.8 Å². The topological polar surface area (TPSA) is 78.9 Å². The average Bonchev–Trinajstić information content (AvgIpc) is 2.21. The van der Waals surface area contributed by atoms with Crippen LogP contribution in [-0.4, -0.2) is 61.3 Å². The highest BCUT2D eigenvalue weighted by molar-refractivity contribution is 5.75. The minimum Gasteiger partial charge on any atom is -0.481 e. The van der Waals surface area contributed by atoms with E-state index in [0.717, 1.165) is 0 Å². The molecule has 1 aliphatic rings. The van der Waals surface area contributed by atoms with Crippen molar-refractivity contribution < 1.29 is 28.2 Å². The van der Waals surface area contributed by atoms with Crippen molar-refractivity contribution in [3.8, 4) is 0 Å². The summed E-state index contributed by atoms with van der Waals surface area (Å²) in [5.41, 5.74) is 0.